The number of hydrogen-bond acceptors (Lipinski definition) is 3. The lowest BCUT2D eigenvalue weighted by atomic mass is 9.85. The highest BCUT2D eigenvalue weighted by molar-refractivity contribution is 7.09. The molecule has 5 heteroatoms. The number of guanidine groups is 1. The summed E-state index contributed by atoms with van der Waals surface area (Å²) < 4.78 is 0. The van der Waals surface area contributed by atoms with Crippen LogP contribution in [0.25, 0.3) is 0 Å². The molecule has 0 radical (unpaired) electrons. The van der Waals surface area contributed by atoms with Crippen molar-refractivity contribution in [3.63, 3.8) is 0 Å². The van der Waals surface area contributed by atoms with Crippen LogP contribution in [0.4, 0.5) is 0 Å². The fraction of sp³-hybridized carbons (Fsp3) is 0.722. The van der Waals surface area contributed by atoms with Gasteiger partial charge < -0.3 is 15.7 Å². The molecule has 1 atom stereocenters. The van der Waals surface area contributed by atoms with E-state index in [9.17, 15) is 5.11 Å². The van der Waals surface area contributed by atoms with Crippen molar-refractivity contribution in [1.29, 1.82) is 0 Å². The predicted molar refractivity (Wildman–Crippen MR) is 99.2 cm³/mol. The molecule has 0 bridgehead atoms. The largest absolute Gasteiger partial charge is 0.388 e. The molecule has 4 nitrogen and oxygen atoms in total. The normalized spacial score (nSPS) is 19.3. The summed E-state index contributed by atoms with van der Waals surface area (Å²) in [5.74, 6) is 1.37. The summed E-state index contributed by atoms with van der Waals surface area (Å²) in [4.78, 5) is 6.05. The summed E-state index contributed by atoms with van der Waals surface area (Å²) >= 11 is 1.82. The maximum absolute atomic E-state index is 10.6. The van der Waals surface area contributed by atoms with Crippen LogP contribution in [0.15, 0.2) is 22.5 Å². The van der Waals surface area contributed by atoms with Crippen molar-refractivity contribution < 1.29 is 5.11 Å². The highest BCUT2D eigenvalue weighted by atomic mass is 32.1. The van der Waals surface area contributed by atoms with Crippen LogP contribution >= 0.6 is 11.3 Å². The number of hydrogen-bond donors (Lipinski definition) is 3. The minimum Gasteiger partial charge on any atom is -0.388 e. The third-order valence-corrected chi connectivity index (χ3v) is 5.31. The quantitative estimate of drug-likeness (QED) is 0.529. The van der Waals surface area contributed by atoms with Gasteiger partial charge in [0.15, 0.2) is 5.96 Å². The van der Waals surface area contributed by atoms with Crippen LogP contribution in [0.1, 0.15) is 50.8 Å². The highest BCUT2D eigenvalue weighted by Crippen LogP contribution is 2.28. The molecule has 1 unspecified atom stereocenters. The van der Waals surface area contributed by atoms with Crippen molar-refractivity contribution in [3.8, 4) is 0 Å². The van der Waals surface area contributed by atoms with E-state index in [1.807, 2.05) is 11.3 Å². The van der Waals surface area contributed by atoms with Crippen molar-refractivity contribution in [2.45, 2.75) is 58.0 Å². The van der Waals surface area contributed by atoms with Crippen LogP contribution in [0, 0.1) is 5.92 Å². The molecule has 2 rings (SSSR count). The van der Waals surface area contributed by atoms with Crippen LogP contribution in [-0.4, -0.2) is 36.3 Å². The van der Waals surface area contributed by atoms with Gasteiger partial charge in [0.2, 0.25) is 0 Å². The summed E-state index contributed by atoms with van der Waals surface area (Å²) in [6.45, 7) is 6.56. The molecule has 1 aromatic heterocycles. The zero-order valence-electron chi connectivity index (χ0n) is 14.5. The van der Waals surface area contributed by atoms with E-state index < -0.39 is 5.60 Å². The molecule has 1 fully saturated rings. The second-order valence-electron chi connectivity index (χ2n) is 6.75. The Morgan fingerprint density at radius 1 is 1.35 bits per heavy atom. The second kappa shape index (κ2) is 9.28. The molecule has 1 saturated carbocycles. The predicted octanol–water partition coefficient (Wildman–Crippen LogP) is 3.18. The molecule has 1 aliphatic rings. The van der Waals surface area contributed by atoms with E-state index in [1.54, 1.807) is 0 Å². The first-order valence-corrected chi connectivity index (χ1v) is 9.76. The monoisotopic (exact) mass is 337 g/mol. The number of nitrogens with zero attached hydrogens (tertiary/aromatic N) is 1. The Morgan fingerprint density at radius 3 is 2.78 bits per heavy atom. The van der Waals surface area contributed by atoms with Gasteiger partial charge in [-0.1, -0.05) is 32.3 Å². The number of thiophene rings is 1. The first-order chi connectivity index (χ1) is 11.1. The zero-order chi connectivity index (χ0) is 16.5. The van der Waals surface area contributed by atoms with Gasteiger partial charge >= 0.3 is 0 Å². The molecule has 23 heavy (non-hydrogen) atoms. The van der Waals surface area contributed by atoms with Crippen LogP contribution in [0.3, 0.4) is 0 Å². The number of nitrogens with one attached hydrogen (secondary N) is 2. The number of aliphatic hydroxyl groups is 1. The van der Waals surface area contributed by atoms with Gasteiger partial charge in [0.1, 0.15) is 0 Å². The molecule has 3 N–H and O–H groups in total. The van der Waals surface area contributed by atoms with E-state index in [0.717, 1.165) is 51.2 Å². The molecule has 0 aromatic carbocycles. The molecule has 1 heterocycles. The van der Waals surface area contributed by atoms with Gasteiger partial charge in [0, 0.05) is 18.0 Å². The smallest absolute Gasteiger partial charge is 0.191 e. The Morgan fingerprint density at radius 2 is 2.13 bits per heavy atom. The first-order valence-electron chi connectivity index (χ1n) is 8.88. The van der Waals surface area contributed by atoms with Gasteiger partial charge in [-0.05, 0) is 43.6 Å². The van der Waals surface area contributed by atoms with Gasteiger partial charge in [-0.2, -0.15) is 0 Å². The van der Waals surface area contributed by atoms with E-state index >= 15 is 0 Å². The Hall–Kier alpha value is -1.07. The summed E-state index contributed by atoms with van der Waals surface area (Å²) in [6, 6.07) is 4.30. The van der Waals surface area contributed by atoms with Crippen molar-refractivity contribution in [1.82, 2.24) is 10.6 Å². The summed E-state index contributed by atoms with van der Waals surface area (Å²) in [5.41, 5.74) is -0.594. The van der Waals surface area contributed by atoms with Crippen LogP contribution in [0.5, 0.6) is 0 Å². The lowest BCUT2D eigenvalue weighted by Gasteiger charge is -2.30. The maximum Gasteiger partial charge on any atom is 0.191 e. The Labute approximate surface area is 144 Å². The van der Waals surface area contributed by atoms with E-state index in [2.05, 4.69) is 47.0 Å². The van der Waals surface area contributed by atoms with Crippen molar-refractivity contribution in [3.05, 3.63) is 22.4 Å². The van der Waals surface area contributed by atoms with Crippen molar-refractivity contribution in [2.75, 3.05) is 19.6 Å². The second-order valence-corrected chi connectivity index (χ2v) is 7.78. The van der Waals surface area contributed by atoms with E-state index in [-0.39, 0.29) is 0 Å². The maximum atomic E-state index is 10.6. The van der Waals surface area contributed by atoms with Crippen LogP contribution in [0.2, 0.25) is 0 Å². The van der Waals surface area contributed by atoms with E-state index in [1.165, 1.54) is 11.3 Å². The van der Waals surface area contributed by atoms with Crippen molar-refractivity contribution in [2.24, 2.45) is 10.9 Å². The third kappa shape index (κ3) is 6.51. The fourth-order valence-corrected chi connectivity index (χ4v) is 3.92. The molecule has 1 aromatic rings. The van der Waals surface area contributed by atoms with Crippen molar-refractivity contribution >= 4 is 17.3 Å². The molecule has 0 spiro atoms. The average molecular weight is 338 g/mol. The minimum atomic E-state index is -0.594. The lowest BCUT2D eigenvalue weighted by Crippen LogP contribution is -2.42. The van der Waals surface area contributed by atoms with Crippen LogP contribution < -0.4 is 10.6 Å². The summed E-state index contributed by atoms with van der Waals surface area (Å²) in [6.07, 6.45) is 6.33. The molecule has 0 aliphatic heterocycles. The molecular formula is C18H31N3OS. The van der Waals surface area contributed by atoms with Gasteiger partial charge in [0.25, 0.3) is 0 Å². The van der Waals surface area contributed by atoms with Gasteiger partial charge in [-0.3, -0.25) is 4.99 Å². The topological polar surface area (TPSA) is 56.7 Å². The van der Waals surface area contributed by atoms with Gasteiger partial charge in [0.05, 0.1) is 12.1 Å². The van der Waals surface area contributed by atoms with E-state index in [0.29, 0.717) is 12.5 Å². The summed E-state index contributed by atoms with van der Waals surface area (Å²) in [5, 5.41) is 19.4. The average Bonchev–Trinajstić information content (AvgIpc) is 3.04. The number of aliphatic imine (C=N–C) groups is 1. The fourth-order valence-electron chi connectivity index (χ4n) is 3.05. The zero-order valence-corrected chi connectivity index (χ0v) is 15.3. The number of rotatable bonds is 7. The lowest BCUT2D eigenvalue weighted by molar-refractivity contribution is 0.0131. The van der Waals surface area contributed by atoms with Gasteiger partial charge in [-0.15, -0.1) is 11.3 Å². The highest BCUT2D eigenvalue weighted by Gasteiger charge is 2.28. The van der Waals surface area contributed by atoms with E-state index in [4.69, 9.17) is 0 Å². The summed E-state index contributed by atoms with van der Waals surface area (Å²) in [7, 11) is 0. The SMILES string of the molecule is CCNC(=NCC1(O)CCCCC1)NCC(C)Cc1cccs1. The molecular weight excluding hydrogens is 306 g/mol. The Bertz CT molecular complexity index is 467. The molecule has 0 amide bonds. The Kier molecular flexibility index (Phi) is 7.37. The molecule has 130 valence electrons. The Balaban J connectivity index is 1.81. The standard InChI is InChI=1S/C18H31N3OS/c1-3-19-17(21-14-18(22)9-5-4-6-10-18)20-13-15(2)12-16-8-7-11-23-16/h7-8,11,15,22H,3-6,9-10,12-14H2,1-2H3,(H2,19,20,21). The molecule has 0 saturated heterocycles. The third-order valence-electron chi connectivity index (χ3n) is 4.41. The van der Waals surface area contributed by atoms with Gasteiger partial charge in [-0.25, -0.2) is 0 Å². The first kappa shape index (κ1) is 18.3. The van der Waals surface area contributed by atoms with Crippen LogP contribution in [-0.2, 0) is 6.42 Å². The minimum absolute atomic E-state index is 0.502. The molecule has 1 aliphatic carbocycles.